The van der Waals surface area contributed by atoms with E-state index in [2.05, 4.69) is 22.5 Å². The van der Waals surface area contributed by atoms with Crippen LogP contribution in [-0.4, -0.2) is 43.0 Å². The van der Waals surface area contributed by atoms with Crippen LogP contribution in [-0.2, 0) is 4.79 Å². The van der Waals surface area contributed by atoms with Crippen molar-refractivity contribution in [2.75, 3.05) is 31.5 Å². The maximum atomic E-state index is 12.2. The molecule has 1 saturated heterocycles. The first kappa shape index (κ1) is 15.3. The first-order valence-corrected chi connectivity index (χ1v) is 7.48. The van der Waals surface area contributed by atoms with Gasteiger partial charge in [-0.3, -0.25) is 9.69 Å². The lowest BCUT2D eigenvalue weighted by Crippen LogP contribution is -2.58. The van der Waals surface area contributed by atoms with E-state index in [0.29, 0.717) is 17.6 Å². The van der Waals surface area contributed by atoms with Crippen LogP contribution in [0.1, 0.15) is 18.9 Å². The minimum atomic E-state index is 0.0378. The molecule has 0 aromatic heterocycles. The summed E-state index contributed by atoms with van der Waals surface area (Å²) in [7, 11) is 0. The number of rotatable bonds is 6. The molecule has 0 aliphatic carbocycles. The molecule has 1 amide bonds. The summed E-state index contributed by atoms with van der Waals surface area (Å²) in [5, 5.41) is 6.91. The number of carbonyl (C=O) groups is 1. The molecule has 4 nitrogen and oxygen atoms in total. The Kier molecular flexibility index (Phi) is 5.40. The number of aryl methyl sites for hydroxylation is 1. The average molecular weight is 296 g/mol. The molecule has 0 bridgehead atoms. The molecule has 0 spiro atoms. The van der Waals surface area contributed by atoms with Crippen LogP contribution in [0, 0.1) is 6.92 Å². The zero-order valence-corrected chi connectivity index (χ0v) is 12.8. The lowest BCUT2D eigenvalue weighted by atomic mass is 10.1. The molecule has 1 fully saturated rings. The largest absolute Gasteiger partial charge is 0.325 e. The van der Waals surface area contributed by atoms with Gasteiger partial charge in [0.2, 0.25) is 5.91 Å². The van der Waals surface area contributed by atoms with Gasteiger partial charge >= 0.3 is 0 Å². The Morgan fingerprint density at radius 3 is 2.80 bits per heavy atom. The van der Waals surface area contributed by atoms with Gasteiger partial charge in [-0.25, -0.2) is 0 Å². The van der Waals surface area contributed by atoms with Gasteiger partial charge in [-0.2, -0.15) is 0 Å². The molecule has 0 unspecified atom stereocenters. The number of benzene rings is 1. The number of halogens is 1. The van der Waals surface area contributed by atoms with E-state index in [0.717, 1.165) is 37.3 Å². The first-order chi connectivity index (χ1) is 9.60. The molecule has 5 heteroatoms. The fourth-order valence-corrected chi connectivity index (χ4v) is 2.58. The van der Waals surface area contributed by atoms with Gasteiger partial charge in [-0.15, -0.1) is 0 Å². The normalized spacial score (nSPS) is 15.2. The second kappa shape index (κ2) is 7.07. The van der Waals surface area contributed by atoms with Crippen molar-refractivity contribution in [2.45, 2.75) is 26.3 Å². The quantitative estimate of drug-likeness (QED) is 0.846. The second-order valence-corrected chi connectivity index (χ2v) is 5.73. The summed E-state index contributed by atoms with van der Waals surface area (Å²) in [5.74, 6) is 0.0378. The molecule has 2 rings (SSSR count). The summed E-state index contributed by atoms with van der Waals surface area (Å²) in [5.41, 5.74) is 1.82. The highest BCUT2D eigenvalue weighted by atomic mass is 35.5. The molecule has 1 aliphatic heterocycles. The van der Waals surface area contributed by atoms with Gasteiger partial charge in [-0.1, -0.05) is 18.5 Å². The summed E-state index contributed by atoms with van der Waals surface area (Å²) in [6.45, 7) is 7.45. The highest BCUT2D eigenvalue weighted by Crippen LogP contribution is 2.19. The Morgan fingerprint density at radius 2 is 2.25 bits per heavy atom. The van der Waals surface area contributed by atoms with Gasteiger partial charge in [0.25, 0.3) is 0 Å². The molecular formula is C15H22ClN3O. The number of nitrogens with one attached hydrogen (secondary N) is 2. The molecule has 1 aromatic rings. The van der Waals surface area contributed by atoms with Crippen LogP contribution in [0.4, 0.5) is 5.69 Å². The number of amides is 1. The third kappa shape index (κ3) is 3.95. The third-order valence-electron chi connectivity index (χ3n) is 3.60. The Bertz CT molecular complexity index is 474. The monoisotopic (exact) mass is 295 g/mol. The van der Waals surface area contributed by atoms with E-state index in [1.54, 1.807) is 6.07 Å². The van der Waals surface area contributed by atoms with Crippen LogP contribution in [0.5, 0.6) is 0 Å². The van der Waals surface area contributed by atoms with E-state index in [1.807, 2.05) is 19.1 Å². The predicted octanol–water partition coefficient (Wildman–Crippen LogP) is 2.27. The Hall–Kier alpha value is -1.10. The van der Waals surface area contributed by atoms with Crippen molar-refractivity contribution >= 4 is 23.2 Å². The summed E-state index contributed by atoms with van der Waals surface area (Å²) >= 11 is 5.92. The number of hydrogen-bond donors (Lipinski definition) is 2. The van der Waals surface area contributed by atoms with Gasteiger partial charge in [0.1, 0.15) is 0 Å². The van der Waals surface area contributed by atoms with Crippen LogP contribution >= 0.6 is 11.6 Å². The summed E-state index contributed by atoms with van der Waals surface area (Å²) in [6.07, 6.45) is 1.06. The van der Waals surface area contributed by atoms with Crippen LogP contribution in [0.25, 0.3) is 0 Å². The maximum absolute atomic E-state index is 12.2. The lowest BCUT2D eigenvalue weighted by Gasteiger charge is -2.37. The number of hydrogen-bond acceptors (Lipinski definition) is 3. The van der Waals surface area contributed by atoms with Crippen molar-refractivity contribution in [1.82, 2.24) is 10.2 Å². The molecule has 1 aliphatic rings. The number of nitrogens with zero attached hydrogens (tertiary/aromatic N) is 1. The first-order valence-electron chi connectivity index (χ1n) is 7.11. The number of carbonyl (C=O) groups excluding carboxylic acids is 1. The van der Waals surface area contributed by atoms with E-state index in [9.17, 15) is 4.79 Å². The van der Waals surface area contributed by atoms with Gasteiger partial charge in [0, 0.05) is 29.8 Å². The Balaban J connectivity index is 1.93. The van der Waals surface area contributed by atoms with Crippen molar-refractivity contribution in [2.24, 2.45) is 0 Å². The predicted molar refractivity (Wildman–Crippen MR) is 83.3 cm³/mol. The zero-order valence-electron chi connectivity index (χ0n) is 12.1. The molecule has 0 radical (unpaired) electrons. The fraction of sp³-hybridized carbons (Fsp3) is 0.533. The maximum Gasteiger partial charge on any atom is 0.238 e. The van der Waals surface area contributed by atoms with Crippen molar-refractivity contribution in [3.05, 3.63) is 28.8 Å². The van der Waals surface area contributed by atoms with Gasteiger partial charge in [0.05, 0.1) is 6.54 Å². The van der Waals surface area contributed by atoms with Crippen molar-refractivity contribution < 1.29 is 4.79 Å². The van der Waals surface area contributed by atoms with Crippen molar-refractivity contribution in [3.63, 3.8) is 0 Å². The lowest BCUT2D eigenvalue weighted by molar-refractivity contribution is -0.118. The van der Waals surface area contributed by atoms with Crippen LogP contribution in [0.15, 0.2) is 18.2 Å². The molecule has 2 N–H and O–H groups in total. The Morgan fingerprint density at radius 1 is 1.50 bits per heavy atom. The smallest absolute Gasteiger partial charge is 0.238 e. The van der Waals surface area contributed by atoms with E-state index in [1.165, 1.54) is 0 Å². The molecule has 0 atom stereocenters. The topological polar surface area (TPSA) is 44.4 Å². The van der Waals surface area contributed by atoms with Gasteiger partial charge < -0.3 is 10.6 Å². The highest BCUT2D eigenvalue weighted by Gasteiger charge is 2.25. The van der Waals surface area contributed by atoms with Crippen LogP contribution in [0.3, 0.4) is 0 Å². The van der Waals surface area contributed by atoms with Crippen LogP contribution < -0.4 is 10.6 Å². The summed E-state index contributed by atoms with van der Waals surface area (Å²) in [6, 6.07) is 6.00. The molecular weight excluding hydrogens is 274 g/mol. The van der Waals surface area contributed by atoms with E-state index < -0.39 is 0 Å². The third-order valence-corrected chi connectivity index (χ3v) is 3.83. The van der Waals surface area contributed by atoms with E-state index in [4.69, 9.17) is 11.6 Å². The minimum absolute atomic E-state index is 0.0378. The average Bonchev–Trinajstić information content (AvgIpc) is 2.31. The molecule has 110 valence electrons. The summed E-state index contributed by atoms with van der Waals surface area (Å²) in [4.78, 5) is 14.4. The molecule has 1 aromatic carbocycles. The standard InChI is InChI=1S/C15H22ClN3O/c1-3-6-19(13-8-17-9-13)10-15(20)18-14-5-4-12(16)7-11(14)2/h4-5,7,13,17H,3,6,8-10H2,1-2H3,(H,18,20). The number of anilines is 1. The van der Waals surface area contributed by atoms with Crippen LogP contribution in [0.2, 0.25) is 5.02 Å². The van der Waals surface area contributed by atoms with Crippen molar-refractivity contribution in [3.8, 4) is 0 Å². The SMILES string of the molecule is CCCN(CC(=O)Nc1ccc(Cl)cc1C)C1CNC1. The van der Waals surface area contributed by atoms with E-state index >= 15 is 0 Å². The van der Waals surface area contributed by atoms with E-state index in [-0.39, 0.29) is 5.91 Å². The van der Waals surface area contributed by atoms with Gasteiger partial charge in [-0.05, 0) is 43.7 Å². The zero-order chi connectivity index (χ0) is 14.5. The molecule has 0 saturated carbocycles. The van der Waals surface area contributed by atoms with Crippen molar-refractivity contribution in [1.29, 1.82) is 0 Å². The van der Waals surface area contributed by atoms with Gasteiger partial charge in [0.15, 0.2) is 0 Å². The highest BCUT2D eigenvalue weighted by molar-refractivity contribution is 6.30. The Labute approximate surface area is 125 Å². The molecule has 20 heavy (non-hydrogen) atoms. The second-order valence-electron chi connectivity index (χ2n) is 5.29. The fourth-order valence-electron chi connectivity index (χ4n) is 2.35. The minimum Gasteiger partial charge on any atom is -0.325 e. The molecule has 1 heterocycles. The summed E-state index contributed by atoms with van der Waals surface area (Å²) < 4.78 is 0.